The summed E-state index contributed by atoms with van der Waals surface area (Å²) >= 11 is 0. The maximum absolute atomic E-state index is 10.6. The molecule has 0 aliphatic carbocycles. The van der Waals surface area contributed by atoms with Crippen molar-refractivity contribution in [3.63, 3.8) is 0 Å². The molecule has 0 aromatic rings. The lowest BCUT2D eigenvalue weighted by Crippen LogP contribution is -1.99. The molecule has 0 saturated carbocycles. The highest BCUT2D eigenvalue weighted by Crippen LogP contribution is 2.08. The van der Waals surface area contributed by atoms with Gasteiger partial charge in [0.25, 0.3) is 0 Å². The minimum Gasteiger partial charge on any atom is -0.407 e. The summed E-state index contributed by atoms with van der Waals surface area (Å²) in [5.74, 6) is 0.0723. The van der Waals surface area contributed by atoms with Crippen molar-refractivity contribution in [1.82, 2.24) is 0 Å². The van der Waals surface area contributed by atoms with Gasteiger partial charge in [-0.3, -0.25) is 0 Å². The van der Waals surface area contributed by atoms with E-state index in [1.165, 1.54) is 0 Å². The Balaban J connectivity index is 2.89. The summed E-state index contributed by atoms with van der Waals surface area (Å²) in [6.45, 7) is 3.40. The molecule has 0 atom stereocenters. The Morgan fingerprint density at radius 1 is 1.67 bits per heavy atom. The highest BCUT2D eigenvalue weighted by Gasteiger charge is 2.17. The van der Waals surface area contributed by atoms with Crippen LogP contribution < -0.4 is 0 Å². The maximum atomic E-state index is 10.6. The SMILES string of the molecule is C/C=C1/N=C(C)OC1=O. The van der Waals surface area contributed by atoms with Gasteiger partial charge in [-0.05, 0) is 6.92 Å². The van der Waals surface area contributed by atoms with Gasteiger partial charge in [-0.25, -0.2) is 9.79 Å². The molecule has 0 saturated heterocycles. The quantitative estimate of drug-likeness (QED) is 0.356. The van der Waals surface area contributed by atoms with Gasteiger partial charge in [0, 0.05) is 6.92 Å². The number of carbonyl (C=O) groups excluding carboxylic acids is 1. The van der Waals surface area contributed by atoms with E-state index in [1.54, 1.807) is 19.9 Å². The smallest absolute Gasteiger partial charge is 0.363 e. The molecule has 0 N–H and O–H groups in total. The van der Waals surface area contributed by atoms with Crippen LogP contribution in [0.1, 0.15) is 13.8 Å². The Morgan fingerprint density at radius 2 is 2.33 bits per heavy atom. The number of aliphatic imine (C=N–C) groups is 1. The molecule has 3 nitrogen and oxygen atoms in total. The number of cyclic esters (lactones) is 1. The van der Waals surface area contributed by atoms with Crippen LogP contribution in [-0.4, -0.2) is 11.9 Å². The Labute approximate surface area is 53.0 Å². The Bertz CT molecular complexity index is 203. The second-order valence-corrected chi connectivity index (χ2v) is 1.69. The van der Waals surface area contributed by atoms with E-state index in [1.807, 2.05) is 0 Å². The van der Waals surface area contributed by atoms with E-state index < -0.39 is 0 Å². The van der Waals surface area contributed by atoms with Gasteiger partial charge in [-0.1, -0.05) is 6.08 Å². The number of rotatable bonds is 0. The monoisotopic (exact) mass is 125 g/mol. The molecule has 1 aliphatic heterocycles. The highest BCUT2D eigenvalue weighted by molar-refractivity contribution is 6.03. The fourth-order valence-corrected chi connectivity index (χ4v) is 0.607. The number of hydrogen-bond donors (Lipinski definition) is 0. The predicted octanol–water partition coefficient (Wildman–Crippen LogP) is 0.865. The molecule has 0 aromatic heterocycles. The number of ether oxygens (including phenoxy) is 1. The number of nitrogens with zero attached hydrogens (tertiary/aromatic N) is 1. The number of esters is 1. The Morgan fingerprint density at radius 3 is 2.56 bits per heavy atom. The van der Waals surface area contributed by atoms with E-state index in [9.17, 15) is 4.79 Å². The summed E-state index contributed by atoms with van der Waals surface area (Å²) in [5.41, 5.74) is 0.396. The zero-order valence-electron chi connectivity index (χ0n) is 5.34. The molecule has 0 unspecified atom stereocenters. The van der Waals surface area contributed by atoms with Gasteiger partial charge in [0.2, 0.25) is 0 Å². The average Bonchev–Trinajstić information content (AvgIpc) is 2.10. The van der Waals surface area contributed by atoms with E-state index in [0.717, 1.165) is 0 Å². The second-order valence-electron chi connectivity index (χ2n) is 1.69. The van der Waals surface area contributed by atoms with E-state index in [2.05, 4.69) is 9.73 Å². The van der Waals surface area contributed by atoms with Crippen molar-refractivity contribution in [3.8, 4) is 0 Å². The molecule has 0 radical (unpaired) electrons. The summed E-state index contributed by atoms with van der Waals surface area (Å²) in [7, 11) is 0. The molecule has 0 amide bonds. The zero-order valence-corrected chi connectivity index (χ0v) is 5.34. The van der Waals surface area contributed by atoms with Crippen LogP contribution in [-0.2, 0) is 9.53 Å². The maximum Gasteiger partial charge on any atom is 0.363 e. The lowest BCUT2D eigenvalue weighted by Gasteiger charge is -1.85. The van der Waals surface area contributed by atoms with Crippen LogP contribution in [0.15, 0.2) is 16.8 Å². The molecule has 1 aliphatic rings. The van der Waals surface area contributed by atoms with Crippen molar-refractivity contribution in [3.05, 3.63) is 11.8 Å². The number of hydrogen-bond acceptors (Lipinski definition) is 3. The lowest BCUT2D eigenvalue weighted by molar-refractivity contribution is -0.130. The van der Waals surface area contributed by atoms with E-state index in [0.29, 0.717) is 11.6 Å². The third-order valence-electron chi connectivity index (χ3n) is 1.00. The highest BCUT2D eigenvalue weighted by atomic mass is 16.6. The third kappa shape index (κ3) is 0.988. The average molecular weight is 125 g/mol. The molecular formula is C6H7NO2. The van der Waals surface area contributed by atoms with E-state index in [-0.39, 0.29) is 5.97 Å². The number of allylic oxidation sites excluding steroid dienone is 1. The van der Waals surface area contributed by atoms with Crippen LogP contribution >= 0.6 is 0 Å². The van der Waals surface area contributed by atoms with Crippen LogP contribution in [0.4, 0.5) is 0 Å². The molecule has 1 heterocycles. The molecule has 1 rings (SSSR count). The minimum absolute atomic E-state index is 0.352. The first-order chi connectivity index (χ1) is 4.24. The summed E-state index contributed by atoms with van der Waals surface area (Å²) in [5, 5.41) is 0. The first kappa shape index (κ1) is 6.01. The van der Waals surface area contributed by atoms with Gasteiger partial charge < -0.3 is 4.74 Å². The normalized spacial score (nSPS) is 22.2. The van der Waals surface area contributed by atoms with Crippen molar-refractivity contribution in [1.29, 1.82) is 0 Å². The summed E-state index contributed by atoms with van der Waals surface area (Å²) < 4.78 is 4.61. The summed E-state index contributed by atoms with van der Waals surface area (Å²) in [4.78, 5) is 14.4. The molecular weight excluding hydrogens is 118 g/mol. The van der Waals surface area contributed by atoms with E-state index >= 15 is 0 Å². The fourth-order valence-electron chi connectivity index (χ4n) is 0.607. The zero-order chi connectivity index (χ0) is 6.85. The first-order valence-electron chi connectivity index (χ1n) is 2.68. The molecule has 48 valence electrons. The van der Waals surface area contributed by atoms with Gasteiger partial charge in [-0.15, -0.1) is 0 Å². The largest absolute Gasteiger partial charge is 0.407 e. The van der Waals surface area contributed by atoms with E-state index in [4.69, 9.17) is 0 Å². The van der Waals surface area contributed by atoms with Gasteiger partial charge in [-0.2, -0.15) is 0 Å². The second kappa shape index (κ2) is 2.01. The minimum atomic E-state index is -0.352. The number of carbonyl (C=O) groups is 1. The van der Waals surface area contributed by atoms with Crippen molar-refractivity contribution < 1.29 is 9.53 Å². The van der Waals surface area contributed by atoms with Gasteiger partial charge in [0.1, 0.15) is 5.70 Å². The molecule has 9 heavy (non-hydrogen) atoms. The Kier molecular flexibility index (Phi) is 1.34. The molecule has 3 heteroatoms. The van der Waals surface area contributed by atoms with Crippen LogP contribution in [0.25, 0.3) is 0 Å². The summed E-state index contributed by atoms with van der Waals surface area (Å²) in [6.07, 6.45) is 1.62. The third-order valence-corrected chi connectivity index (χ3v) is 1.00. The van der Waals surface area contributed by atoms with Gasteiger partial charge in [0.15, 0.2) is 5.90 Å². The van der Waals surface area contributed by atoms with Crippen LogP contribution in [0.3, 0.4) is 0 Å². The molecule has 0 spiro atoms. The molecule has 0 bridgehead atoms. The van der Waals surface area contributed by atoms with Gasteiger partial charge >= 0.3 is 5.97 Å². The van der Waals surface area contributed by atoms with Crippen molar-refractivity contribution in [2.45, 2.75) is 13.8 Å². The lowest BCUT2D eigenvalue weighted by atomic mass is 10.4. The standard InChI is InChI=1S/C6H7NO2/c1-3-5-6(8)9-4(2)7-5/h3H,1-2H3/b5-3+. The predicted molar refractivity (Wildman–Crippen MR) is 33.0 cm³/mol. The molecule has 0 fully saturated rings. The van der Waals surface area contributed by atoms with Crippen LogP contribution in [0.5, 0.6) is 0 Å². The Hall–Kier alpha value is -1.12. The fraction of sp³-hybridized carbons (Fsp3) is 0.333. The first-order valence-corrected chi connectivity index (χ1v) is 2.68. The van der Waals surface area contributed by atoms with Crippen molar-refractivity contribution in [2.75, 3.05) is 0 Å². The molecule has 0 aromatic carbocycles. The summed E-state index contributed by atoms with van der Waals surface area (Å²) in [6, 6.07) is 0. The van der Waals surface area contributed by atoms with Gasteiger partial charge in [0.05, 0.1) is 0 Å². The van der Waals surface area contributed by atoms with Crippen molar-refractivity contribution >= 4 is 11.9 Å². The topological polar surface area (TPSA) is 38.7 Å². The van der Waals surface area contributed by atoms with Crippen LogP contribution in [0.2, 0.25) is 0 Å². The van der Waals surface area contributed by atoms with Crippen LogP contribution in [0, 0.1) is 0 Å². The van der Waals surface area contributed by atoms with Crippen molar-refractivity contribution in [2.24, 2.45) is 4.99 Å².